The smallest absolute Gasteiger partial charge is 0.224 e. The van der Waals surface area contributed by atoms with E-state index in [1.165, 1.54) is 0 Å². The molecule has 5 heteroatoms. The highest BCUT2D eigenvalue weighted by atomic mass is 16.3. The molecule has 0 aliphatic carbocycles. The fourth-order valence-corrected chi connectivity index (χ4v) is 2.83. The third-order valence-electron chi connectivity index (χ3n) is 4.76. The van der Waals surface area contributed by atoms with Crippen LogP contribution in [-0.2, 0) is 4.79 Å². The second-order valence-corrected chi connectivity index (χ2v) is 7.75. The summed E-state index contributed by atoms with van der Waals surface area (Å²) in [6.07, 6.45) is 4.21. The summed E-state index contributed by atoms with van der Waals surface area (Å²) < 4.78 is 2.08. The topological polar surface area (TPSA) is 48.7 Å². The van der Waals surface area contributed by atoms with Crippen LogP contribution in [0.15, 0.2) is 24.5 Å². The Morgan fingerprint density at radius 3 is 2.22 bits per heavy atom. The van der Waals surface area contributed by atoms with Crippen LogP contribution in [0.5, 0.6) is 0 Å². The SMILES string of the molecule is CC(CC(=O)N1CCN(CC(O)C(C)(C)C)CC1)n1cccc1. The van der Waals surface area contributed by atoms with Crippen LogP contribution in [0.1, 0.15) is 40.2 Å². The van der Waals surface area contributed by atoms with Crippen LogP contribution in [0.2, 0.25) is 0 Å². The Morgan fingerprint density at radius 1 is 1.13 bits per heavy atom. The van der Waals surface area contributed by atoms with Gasteiger partial charge in [-0.2, -0.15) is 0 Å². The van der Waals surface area contributed by atoms with E-state index in [0.717, 1.165) is 26.2 Å². The van der Waals surface area contributed by atoms with Gasteiger partial charge in [-0.1, -0.05) is 20.8 Å². The molecule has 1 aromatic heterocycles. The molecule has 0 spiro atoms. The summed E-state index contributed by atoms with van der Waals surface area (Å²) in [7, 11) is 0. The zero-order valence-electron chi connectivity index (χ0n) is 14.9. The molecule has 1 aliphatic heterocycles. The van der Waals surface area contributed by atoms with E-state index in [-0.39, 0.29) is 23.5 Å². The lowest BCUT2D eigenvalue weighted by atomic mass is 9.89. The summed E-state index contributed by atoms with van der Waals surface area (Å²) in [6.45, 7) is 12.1. The fourth-order valence-electron chi connectivity index (χ4n) is 2.83. The van der Waals surface area contributed by atoms with E-state index >= 15 is 0 Å². The van der Waals surface area contributed by atoms with Crippen LogP contribution < -0.4 is 0 Å². The second kappa shape index (κ2) is 7.49. The maximum absolute atomic E-state index is 12.4. The Kier molecular flexibility index (Phi) is 5.87. The summed E-state index contributed by atoms with van der Waals surface area (Å²) in [6, 6.07) is 4.17. The second-order valence-electron chi connectivity index (χ2n) is 7.75. The first-order valence-corrected chi connectivity index (χ1v) is 8.58. The van der Waals surface area contributed by atoms with Gasteiger partial charge in [-0.25, -0.2) is 0 Å². The zero-order chi connectivity index (χ0) is 17.0. The number of amides is 1. The normalized spacial score (nSPS) is 19.6. The molecule has 1 aromatic rings. The number of hydrogen-bond donors (Lipinski definition) is 1. The van der Waals surface area contributed by atoms with Gasteiger partial charge in [-0.3, -0.25) is 9.69 Å². The Morgan fingerprint density at radius 2 is 1.70 bits per heavy atom. The lowest BCUT2D eigenvalue weighted by Gasteiger charge is -2.38. The molecule has 130 valence electrons. The quantitative estimate of drug-likeness (QED) is 0.902. The molecular formula is C18H31N3O2. The van der Waals surface area contributed by atoms with E-state index in [1.807, 2.05) is 29.4 Å². The molecule has 1 fully saturated rings. The average molecular weight is 321 g/mol. The number of piperazine rings is 1. The lowest BCUT2D eigenvalue weighted by molar-refractivity contribution is -0.134. The number of aliphatic hydroxyl groups excluding tert-OH is 1. The van der Waals surface area contributed by atoms with Crippen LogP contribution in [0.25, 0.3) is 0 Å². The zero-order valence-corrected chi connectivity index (χ0v) is 14.9. The number of hydrogen-bond acceptors (Lipinski definition) is 3. The largest absolute Gasteiger partial charge is 0.391 e. The molecule has 1 amide bonds. The molecule has 2 rings (SSSR count). The average Bonchev–Trinajstić information content (AvgIpc) is 3.01. The molecule has 0 radical (unpaired) electrons. The number of aliphatic hydroxyl groups is 1. The van der Waals surface area contributed by atoms with Crippen molar-refractivity contribution in [2.45, 2.75) is 46.3 Å². The first-order valence-electron chi connectivity index (χ1n) is 8.58. The van der Waals surface area contributed by atoms with Crippen molar-refractivity contribution >= 4 is 5.91 Å². The van der Waals surface area contributed by atoms with Crippen molar-refractivity contribution in [1.82, 2.24) is 14.4 Å². The number of β-amino-alcohol motifs (C(OH)–C–C–N with tert-alkyl or cyclic N) is 1. The van der Waals surface area contributed by atoms with Gasteiger partial charge in [0, 0.05) is 57.6 Å². The van der Waals surface area contributed by atoms with Crippen molar-refractivity contribution in [3.8, 4) is 0 Å². The number of carbonyl (C=O) groups excluding carboxylic acids is 1. The highest BCUT2D eigenvalue weighted by molar-refractivity contribution is 5.76. The van der Waals surface area contributed by atoms with Gasteiger partial charge >= 0.3 is 0 Å². The van der Waals surface area contributed by atoms with Crippen LogP contribution in [0.3, 0.4) is 0 Å². The van der Waals surface area contributed by atoms with Crippen molar-refractivity contribution in [3.63, 3.8) is 0 Å². The van der Waals surface area contributed by atoms with Crippen LogP contribution in [0, 0.1) is 5.41 Å². The van der Waals surface area contributed by atoms with Crippen LogP contribution in [-0.4, -0.2) is 64.2 Å². The molecule has 2 heterocycles. The Balaban J connectivity index is 1.76. The summed E-state index contributed by atoms with van der Waals surface area (Å²) in [4.78, 5) is 16.7. The highest BCUT2D eigenvalue weighted by Crippen LogP contribution is 2.20. The van der Waals surface area contributed by atoms with Gasteiger partial charge in [0.2, 0.25) is 5.91 Å². The molecule has 5 nitrogen and oxygen atoms in total. The van der Waals surface area contributed by atoms with Gasteiger partial charge in [0.1, 0.15) is 0 Å². The van der Waals surface area contributed by atoms with Gasteiger partial charge in [-0.15, -0.1) is 0 Å². The van der Waals surface area contributed by atoms with E-state index in [2.05, 4.69) is 37.2 Å². The van der Waals surface area contributed by atoms with Crippen LogP contribution in [0.4, 0.5) is 0 Å². The standard InChI is InChI=1S/C18H31N3O2/c1-15(20-7-5-6-8-20)13-17(23)21-11-9-19(10-12-21)14-16(22)18(2,3)4/h5-8,15-16,22H,9-14H2,1-4H3. The minimum absolute atomic E-state index is 0.0981. The Labute approximate surface area is 139 Å². The molecule has 1 aliphatic rings. The van der Waals surface area contributed by atoms with E-state index in [4.69, 9.17) is 0 Å². The molecule has 1 saturated heterocycles. The predicted molar refractivity (Wildman–Crippen MR) is 92.2 cm³/mol. The van der Waals surface area contributed by atoms with Gasteiger partial charge in [-0.05, 0) is 24.5 Å². The third kappa shape index (κ3) is 5.08. The minimum atomic E-state index is -0.335. The van der Waals surface area contributed by atoms with Gasteiger partial charge in [0.25, 0.3) is 0 Å². The summed E-state index contributed by atoms with van der Waals surface area (Å²) in [5.41, 5.74) is -0.0981. The number of carbonyl (C=O) groups is 1. The summed E-state index contributed by atoms with van der Waals surface area (Å²) in [5.74, 6) is 0.224. The summed E-state index contributed by atoms with van der Waals surface area (Å²) in [5, 5.41) is 10.2. The van der Waals surface area contributed by atoms with E-state index < -0.39 is 0 Å². The molecule has 2 atom stereocenters. The summed E-state index contributed by atoms with van der Waals surface area (Å²) >= 11 is 0. The number of aromatic nitrogens is 1. The predicted octanol–water partition coefficient (Wildman–Crippen LogP) is 1.99. The maximum Gasteiger partial charge on any atom is 0.224 e. The maximum atomic E-state index is 12.4. The van der Waals surface area contributed by atoms with E-state index in [1.54, 1.807) is 0 Å². The monoisotopic (exact) mass is 321 g/mol. The Bertz CT molecular complexity index is 485. The van der Waals surface area contributed by atoms with Crippen molar-refractivity contribution in [2.75, 3.05) is 32.7 Å². The molecule has 23 heavy (non-hydrogen) atoms. The molecule has 1 N–H and O–H groups in total. The molecular weight excluding hydrogens is 290 g/mol. The van der Waals surface area contributed by atoms with Crippen molar-refractivity contribution < 1.29 is 9.90 Å². The molecule has 0 aromatic carbocycles. The molecule has 0 saturated carbocycles. The van der Waals surface area contributed by atoms with Crippen molar-refractivity contribution in [1.29, 1.82) is 0 Å². The fraction of sp³-hybridized carbons (Fsp3) is 0.722. The Hall–Kier alpha value is -1.33. The van der Waals surface area contributed by atoms with Gasteiger partial charge < -0.3 is 14.6 Å². The van der Waals surface area contributed by atoms with Gasteiger partial charge in [0.15, 0.2) is 0 Å². The third-order valence-corrected chi connectivity index (χ3v) is 4.76. The lowest BCUT2D eigenvalue weighted by Crippen LogP contribution is -2.51. The molecule has 0 bridgehead atoms. The van der Waals surface area contributed by atoms with E-state index in [9.17, 15) is 9.90 Å². The van der Waals surface area contributed by atoms with Crippen LogP contribution >= 0.6 is 0 Å². The minimum Gasteiger partial charge on any atom is -0.391 e. The molecule has 2 unspecified atom stereocenters. The number of rotatable bonds is 5. The number of nitrogens with zero attached hydrogens (tertiary/aromatic N) is 3. The first kappa shape index (κ1) is 18.0. The van der Waals surface area contributed by atoms with Gasteiger partial charge in [0.05, 0.1) is 6.10 Å². The first-order chi connectivity index (χ1) is 10.8. The van der Waals surface area contributed by atoms with Crippen molar-refractivity contribution in [3.05, 3.63) is 24.5 Å². The highest BCUT2D eigenvalue weighted by Gasteiger charge is 2.27. The van der Waals surface area contributed by atoms with Crippen molar-refractivity contribution in [2.24, 2.45) is 5.41 Å². The van der Waals surface area contributed by atoms with E-state index in [0.29, 0.717) is 13.0 Å².